The average molecular weight is 286 g/mol. The highest BCUT2D eigenvalue weighted by atomic mass is 32.1. The first-order valence-electron chi connectivity index (χ1n) is 6.75. The number of carbonyl (C=O) groups excluding carboxylic acids is 1. The highest BCUT2D eigenvalue weighted by molar-refractivity contribution is 7.73. The molecule has 1 rings (SSSR count). The highest BCUT2D eigenvalue weighted by Crippen LogP contribution is 2.11. The van der Waals surface area contributed by atoms with Crippen LogP contribution in [0.1, 0.15) is 68.1 Å². The van der Waals surface area contributed by atoms with Crippen molar-refractivity contribution < 1.29 is 4.79 Å². The zero-order valence-corrected chi connectivity index (χ0v) is 12.9. The van der Waals surface area contributed by atoms with Gasteiger partial charge in [-0.05, 0) is 25.6 Å². The van der Waals surface area contributed by atoms with E-state index in [1.165, 1.54) is 48.1 Å². The molecule has 0 aromatic carbocycles. The van der Waals surface area contributed by atoms with Gasteiger partial charge in [0.1, 0.15) is 5.01 Å². The molecular formula is C13H22N2OS2. The summed E-state index contributed by atoms with van der Waals surface area (Å²) in [6.07, 6.45) is 9.08. The molecular weight excluding hydrogens is 264 g/mol. The lowest BCUT2D eigenvalue weighted by Crippen LogP contribution is -2.12. The fourth-order valence-electron chi connectivity index (χ4n) is 1.87. The molecule has 5 heteroatoms. The number of carbonyl (C=O) groups is 1. The van der Waals surface area contributed by atoms with Crippen LogP contribution >= 0.6 is 23.6 Å². The zero-order valence-electron chi connectivity index (χ0n) is 11.3. The Morgan fingerprint density at radius 1 is 1.22 bits per heavy atom. The van der Waals surface area contributed by atoms with Gasteiger partial charge in [-0.2, -0.15) is 9.78 Å². The van der Waals surface area contributed by atoms with Crippen molar-refractivity contribution in [3.05, 3.63) is 8.96 Å². The third-order valence-electron chi connectivity index (χ3n) is 2.88. The minimum absolute atomic E-state index is 0.0397. The summed E-state index contributed by atoms with van der Waals surface area (Å²) in [6.45, 7) is 4.09. The molecule has 1 aromatic heterocycles. The molecule has 1 aromatic rings. The fourth-order valence-corrected chi connectivity index (χ4v) is 2.98. The van der Waals surface area contributed by atoms with Crippen LogP contribution in [-0.2, 0) is 0 Å². The van der Waals surface area contributed by atoms with Crippen molar-refractivity contribution in [3.8, 4) is 0 Å². The number of hydrogen-bond donors (Lipinski definition) is 0. The highest BCUT2D eigenvalue weighted by Gasteiger charge is 2.08. The van der Waals surface area contributed by atoms with Crippen LogP contribution in [-0.4, -0.2) is 15.7 Å². The largest absolute Gasteiger partial charge is 0.273 e. The Balaban J connectivity index is 2.18. The van der Waals surface area contributed by atoms with E-state index in [0.717, 1.165) is 17.8 Å². The second-order valence-corrected chi connectivity index (χ2v) is 6.39. The van der Waals surface area contributed by atoms with Gasteiger partial charge in [-0.25, -0.2) is 0 Å². The molecule has 0 spiro atoms. The van der Waals surface area contributed by atoms with E-state index in [2.05, 4.69) is 12.0 Å². The quantitative estimate of drug-likeness (QED) is 0.510. The van der Waals surface area contributed by atoms with E-state index in [9.17, 15) is 4.79 Å². The topological polar surface area (TPSA) is 34.9 Å². The van der Waals surface area contributed by atoms with E-state index < -0.39 is 0 Å². The third-order valence-corrected chi connectivity index (χ3v) is 4.03. The lowest BCUT2D eigenvalue weighted by Gasteiger charge is -2.01. The zero-order chi connectivity index (χ0) is 13.4. The van der Waals surface area contributed by atoms with Gasteiger partial charge in [0, 0.05) is 6.42 Å². The van der Waals surface area contributed by atoms with Crippen LogP contribution in [0.4, 0.5) is 0 Å². The Bertz CT molecular complexity index is 423. The van der Waals surface area contributed by atoms with Gasteiger partial charge in [-0.1, -0.05) is 56.8 Å². The molecule has 0 aliphatic heterocycles. The second kappa shape index (κ2) is 8.53. The number of rotatable bonds is 8. The standard InChI is InChI=1S/C13H22N2OS2/c1-3-4-5-6-7-8-9-10-12(16)15-13(17)18-11(2)14-15/h3-10H2,1-2H3. The van der Waals surface area contributed by atoms with E-state index in [1.54, 1.807) is 0 Å². The molecule has 18 heavy (non-hydrogen) atoms. The Morgan fingerprint density at radius 3 is 2.39 bits per heavy atom. The Kier molecular flexibility index (Phi) is 7.35. The summed E-state index contributed by atoms with van der Waals surface area (Å²) in [5.41, 5.74) is 0. The van der Waals surface area contributed by atoms with E-state index in [-0.39, 0.29) is 5.91 Å². The Hall–Kier alpha value is -0.550. The van der Waals surface area contributed by atoms with Gasteiger partial charge in [0.15, 0.2) is 3.95 Å². The molecule has 0 radical (unpaired) electrons. The van der Waals surface area contributed by atoms with Crippen molar-refractivity contribution >= 4 is 29.5 Å². The molecule has 3 nitrogen and oxygen atoms in total. The fraction of sp³-hybridized carbons (Fsp3) is 0.769. The summed E-state index contributed by atoms with van der Waals surface area (Å²) in [5, 5.41) is 4.99. The lowest BCUT2D eigenvalue weighted by atomic mass is 10.1. The van der Waals surface area contributed by atoms with Crippen LogP contribution in [0.2, 0.25) is 0 Å². The molecule has 0 N–H and O–H groups in total. The maximum absolute atomic E-state index is 11.9. The molecule has 0 aliphatic carbocycles. The van der Waals surface area contributed by atoms with Crippen molar-refractivity contribution in [2.45, 2.75) is 65.2 Å². The van der Waals surface area contributed by atoms with E-state index >= 15 is 0 Å². The summed E-state index contributed by atoms with van der Waals surface area (Å²) in [7, 11) is 0. The minimum atomic E-state index is 0.0397. The molecule has 0 saturated heterocycles. The second-order valence-electron chi connectivity index (χ2n) is 4.56. The van der Waals surface area contributed by atoms with Crippen molar-refractivity contribution in [1.82, 2.24) is 9.78 Å². The SMILES string of the molecule is CCCCCCCCCC(=O)n1nc(C)sc1=S. The van der Waals surface area contributed by atoms with Crippen LogP contribution in [0.3, 0.4) is 0 Å². The van der Waals surface area contributed by atoms with E-state index in [0.29, 0.717) is 10.4 Å². The normalized spacial score (nSPS) is 10.8. The minimum Gasteiger partial charge on any atom is -0.273 e. The molecule has 0 fully saturated rings. The number of unbranched alkanes of at least 4 members (excludes halogenated alkanes) is 6. The molecule has 0 bridgehead atoms. The monoisotopic (exact) mass is 286 g/mol. The van der Waals surface area contributed by atoms with Gasteiger partial charge < -0.3 is 0 Å². The van der Waals surface area contributed by atoms with Crippen LogP contribution in [0.25, 0.3) is 0 Å². The van der Waals surface area contributed by atoms with Crippen molar-refractivity contribution in [3.63, 3.8) is 0 Å². The van der Waals surface area contributed by atoms with Crippen LogP contribution in [0.5, 0.6) is 0 Å². The Labute approximate surface area is 118 Å². The maximum atomic E-state index is 11.9. The van der Waals surface area contributed by atoms with E-state index in [4.69, 9.17) is 12.2 Å². The summed E-state index contributed by atoms with van der Waals surface area (Å²) in [5.74, 6) is 0.0397. The Morgan fingerprint density at radius 2 is 1.83 bits per heavy atom. The summed E-state index contributed by atoms with van der Waals surface area (Å²) in [4.78, 5) is 11.9. The van der Waals surface area contributed by atoms with E-state index in [1.807, 2.05) is 6.92 Å². The smallest absolute Gasteiger partial charge is 0.248 e. The van der Waals surface area contributed by atoms with Crippen molar-refractivity contribution in [2.75, 3.05) is 0 Å². The average Bonchev–Trinajstić information content (AvgIpc) is 2.67. The number of nitrogens with zero attached hydrogens (tertiary/aromatic N) is 2. The molecule has 0 saturated carbocycles. The lowest BCUT2D eigenvalue weighted by molar-refractivity contribution is 0.0881. The van der Waals surface area contributed by atoms with Crippen molar-refractivity contribution in [2.24, 2.45) is 0 Å². The van der Waals surface area contributed by atoms with Gasteiger partial charge in [0.25, 0.3) is 0 Å². The molecule has 1 heterocycles. The predicted molar refractivity (Wildman–Crippen MR) is 78.9 cm³/mol. The van der Waals surface area contributed by atoms with Crippen LogP contribution < -0.4 is 0 Å². The van der Waals surface area contributed by atoms with Gasteiger partial charge in [-0.3, -0.25) is 4.79 Å². The molecule has 0 unspecified atom stereocenters. The van der Waals surface area contributed by atoms with Crippen LogP contribution in [0.15, 0.2) is 0 Å². The first-order valence-corrected chi connectivity index (χ1v) is 7.97. The summed E-state index contributed by atoms with van der Waals surface area (Å²) < 4.78 is 1.95. The van der Waals surface area contributed by atoms with Crippen LogP contribution in [0, 0.1) is 10.9 Å². The first kappa shape index (κ1) is 15.5. The first-order chi connectivity index (χ1) is 8.65. The number of aryl methyl sites for hydroxylation is 1. The number of aromatic nitrogens is 2. The predicted octanol–water partition coefficient (Wildman–Crippen LogP) is 4.76. The third kappa shape index (κ3) is 5.40. The maximum Gasteiger partial charge on any atom is 0.248 e. The van der Waals surface area contributed by atoms with Gasteiger partial charge in [0.2, 0.25) is 5.91 Å². The summed E-state index contributed by atoms with van der Waals surface area (Å²) >= 11 is 6.49. The van der Waals surface area contributed by atoms with Gasteiger partial charge >= 0.3 is 0 Å². The molecule has 0 aliphatic rings. The summed E-state index contributed by atoms with van der Waals surface area (Å²) in [6, 6.07) is 0. The molecule has 0 amide bonds. The number of hydrogen-bond acceptors (Lipinski definition) is 4. The van der Waals surface area contributed by atoms with Crippen molar-refractivity contribution in [1.29, 1.82) is 0 Å². The molecule has 0 atom stereocenters. The molecule has 102 valence electrons. The van der Waals surface area contributed by atoms with Gasteiger partial charge in [0.05, 0.1) is 0 Å². The van der Waals surface area contributed by atoms with Gasteiger partial charge in [-0.15, -0.1) is 0 Å².